The molecule has 0 saturated carbocycles. The minimum Gasteiger partial charge on any atom is -0.457 e. The summed E-state index contributed by atoms with van der Waals surface area (Å²) in [5.74, 6) is -0.792. The highest BCUT2D eigenvalue weighted by Crippen LogP contribution is 2.26. The van der Waals surface area contributed by atoms with Crippen molar-refractivity contribution in [1.82, 2.24) is 4.90 Å². The number of β-amino-alcohol motifs (C(OH)–C–C–N with tert-alkyl or cyclic N) is 1. The number of halogens is 1. The quantitative estimate of drug-likeness (QED) is 0.859. The summed E-state index contributed by atoms with van der Waals surface area (Å²) in [6.45, 7) is 0.653. The van der Waals surface area contributed by atoms with Crippen LogP contribution in [0.2, 0.25) is 0 Å². The van der Waals surface area contributed by atoms with Crippen LogP contribution in [0.5, 0.6) is 0 Å². The van der Waals surface area contributed by atoms with Crippen LogP contribution in [0.4, 0.5) is 0 Å². The van der Waals surface area contributed by atoms with Gasteiger partial charge in [0, 0.05) is 12.6 Å². The van der Waals surface area contributed by atoms with Gasteiger partial charge in [-0.3, -0.25) is 9.59 Å². The Bertz CT molecular complexity index is 502. The van der Waals surface area contributed by atoms with Gasteiger partial charge in [0.05, 0.1) is 24.1 Å². The molecule has 0 radical (unpaired) electrons. The molecule has 0 aliphatic carbocycles. The van der Waals surface area contributed by atoms with Crippen molar-refractivity contribution in [2.75, 3.05) is 13.1 Å². The van der Waals surface area contributed by atoms with Crippen LogP contribution in [-0.4, -0.2) is 40.5 Å². The van der Waals surface area contributed by atoms with E-state index in [1.807, 2.05) is 0 Å². The maximum atomic E-state index is 12.2. The molecule has 1 aliphatic rings. The lowest BCUT2D eigenvalue weighted by Crippen LogP contribution is -2.51. The first-order valence-corrected chi connectivity index (χ1v) is 6.73. The van der Waals surface area contributed by atoms with E-state index in [1.165, 1.54) is 11.2 Å². The number of hydrogen-bond acceptors (Lipinski definition) is 4. The number of piperidine rings is 1. The summed E-state index contributed by atoms with van der Waals surface area (Å²) in [5.41, 5.74) is 4.31. The molecule has 3 N–H and O–H groups in total. The molecule has 2 heterocycles. The molecule has 1 fully saturated rings. The van der Waals surface area contributed by atoms with Gasteiger partial charge in [-0.15, -0.1) is 0 Å². The fourth-order valence-electron chi connectivity index (χ4n) is 2.36. The summed E-state index contributed by atoms with van der Waals surface area (Å²) in [6.07, 6.45) is 2.32. The van der Waals surface area contributed by atoms with Gasteiger partial charge in [-0.05, 0) is 28.8 Å². The zero-order valence-electron chi connectivity index (χ0n) is 10.3. The molecule has 1 aliphatic heterocycles. The highest BCUT2D eigenvalue weighted by atomic mass is 79.9. The highest BCUT2D eigenvalue weighted by molar-refractivity contribution is 9.10. The topological polar surface area (TPSA) is 96.8 Å². The number of carbonyl (C=O) groups is 2. The zero-order valence-corrected chi connectivity index (χ0v) is 11.9. The zero-order chi connectivity index (χ0) is 14.0. The Labute approximate surface area is 118 Å². The molecule has 2 amide bonds. The molecular weight excluding hydrogens is 316 g/mol. The van der Waals surface area contributed by atoms with Gasteiger partial charge in [-0.1, -0.05) is 0 Å². The van der Waals surface area contributed by atoms with E-state index in [9.17, 15) is 14.7 Å². The maximum absolute atomic E-state index is 12.2. The van der Waals surface area contributed by atoms with E-state index in [4.69, 9.17) is 10.2 Å². The van der Waals surface area contributed by atoms with Crippen LogP contribution in [-0.2, 0) is 4.79 Å². The minimum absolute atomic E-state index is 0.109. The lowest BCUT2D eigenvalue weighted by molar-refractivity contribution is -0.125. The van der Waals surface area contributed by atoms with Crippen LogP contribution in [0.3, 0.4) is 0 Å². The molecule has 1 atom stereocenters. The molecule has 0 bridgehead atoms. The van der Waals surface area contributed by atoms with Crippen molar-refractivity contribution in [3.8, 4) is 0 Å². The van der Waals surface area contributed by atoms with E-state index in [-0.39, 0.29) is 18.9 Å². The van der Waals surface area contributed by atoms with Crippen LogP contribution < -0.4 is 5.73 Å². The molecule has 0 aromatic carbocycles. The number of amides is 2. The molecule has 19 heavy (non-hydrogen) atoms. The smallest absolute Gasteiger partial charge is 0.257 e. The van der Waals surface area contributed by atoms with Gasteiger partial charge in [0.15, 0.2) is 4.67 Å². The standard InChI is InChI=1S/C12H15BrN2O4/c13-9-4-8(6-19-9)11(17)15-3-1-2-12(18,7-15)5-10(14)16/h4,6,18H,1-3,5,7H2,(H2,14,16). The second-order valence-electron chi connectivity index (χ2n) is 4.84. The fraction of sp³-hybridized carbons (Fsp3) is 0.500. The lowest BCUT2D eigenvalue weighted by Gasteiger charge is -2.38. The summed E-state index contributed by atoms with van der Waals surface area (Å²) in [4.78, 5) is 24.7. The number of nitrogens with two attached hydrogens (primary N) is 1. The molecular formula is C12H15BrN2O4. The summed E-state index contributed by atoms with van der Waals surface area (Å²) in [5, 5.41) is 10.3. The Balaban J connectivity index is 2.09. The average molecular weight is 331 g/mol. The monoisotopic (exact) mass is 330 g/mol. The molecule has 1 unspecified atom stereocenters. The van der Waals surface area contributed by atoms with Crippen molar-refractivity contribution in [3.63, 3.8) is 0 Å². The van der Waals surface area contributed by atoms with Gasteiger partial charge < -0.3 is 20.2 Å². The fourth-order valence-corrected chi connectivity index (χ4v) is 2.70. The number of furan rings is 1. The van der Waals surface area contributed by atoms with Crippen LogP contribution in [0.25, 0.3) is 0 Å². The van der Waals surface area contributed by atoms with E-state index in [0.717, 1.165) is 0 Å². The van der Waals surface area contributed by atoms with Crippen molar-refractivity contribution in [1.29, 1.82) is 0 Å². The van der Waals surface area contributed by atoms with Crippen molar-refractivity contribution in [2.24, 2.45) is 5.73 Å². The highest BCUT2D eigenvalue weighted by Gasteiger charge is 2.37. The Kier molecular flexibility index (Phi) is 3.96. The molecule has 104 valence electrons. The third kappa shape index (κ3) is 3.36. The van der Waals surface area contributed by atoms with Crippen molar-refractivity contribution in [2.45, 2.75) is 24.9 Å². The van der Waals surface area contributed by atoms with Gasteiger partial charge >= 0.3 is 0 Å². The second-order valence-corrected chi connectivity index (χ2v) is 5.62. The minimum atomic E-state index is -1.22. The van der Waals surface area contributed by atoms with Crippen LogP contribution >= 0.6 is 15.9 Å². The third-order valence-corrected chi connectivity index (χ3v) is 3.58. The number of nitrogens with zero attached hydrogens (tertiary/aromatic N) is 1. The first kappa shape index (κ1) is 14.1. The van der Waals surface area contributed by atoms with Gasteiger partial charge in [-0.25, -0.2) is 0 Å². The number of carbonyl (C=O) groups excluding carboxylic acids is 2. The SMILES string of the molecule is NC(=O)CC1(O)CCCN(C(=O)c2coc(Br)c2)C1. The van der Waals surface area contributed by atoms with E-state index in [0.29, 0.717) is 29.6 Å². The Hall–Kier alpha value is -1.34. The van der Waals surface area contributed by atoms with E-state index < -0.39 is 11.5 Å². The Morgan fingerprint density at radius 1 is 1.58 bits per heavy atom. The predicted octanol–water partition coefficient (Wildman–Crippen LogP) is 0.885. The van der Waals surface area contributed by atoms with Crippen molar-refractivity contribution in [3.05, 3.63) is 22.6 Å². The largest absolute Gasteiger partial charge is 0.457 e. The Morgan fingerprint density at radius 3 is 2.89 bits per heavy atom. The molecule has 2 rings (SSSR count). The van der Waals surface area contributed by atoms with Crippen LogP contribution in [0.1, 0.15) is 29.6 Å². The first-order chi connectivity index (χ1) is 8.89. The number of likely N-dealkylation sites (tertiary alicyclic amines) is 1. The Morgan fingerprint density at radius 2 is 2.32 bits per heavy atom. The van der Waals surface area contributed by atoms with E-state index in [1.54, 1.807) is 6.07 Å². The number of hydrogen-bond donors (Lipinski definition) is 2. The predicted molar refractivity (Wildman–Crippen MR) is 70.3 cm³/mol. The van der Waals surface area contributed by atoms with Gasteiger partial charge in [0.25, 0.3) is 5.91 Å². The summed E-state index contributed by atoms with van der Waals surface area (Å²) in [7, 11) is 0. The molecule has 0 spiro atoms. The summed E-state index contributed by atoms with van der Waals surface area (Å²) < 4.78 is 5.50. The summed E-state index contributed by atoms with van der Waals surface area (Å²) in [6, 6.07) is 1.57. The van der Waals surface area contributed by atoms with E-state index in [2.05, 4.69) is 15.9 Å². The van der Waals surface area contributed by atoms with Crippen LogP contribution in [0.15, 0.2) is 21.4 Å². The molecule has 6 nitrogen and oxygen atoms in total. The molecule has 1 saturated heterocycles. The van der Waals surface area contributed by atoms with Gasteiger partial charge in [-0.2, -0.15) is 0 Å². The number of primary amides is 1. The van der Waals surface area contributed by atoms with Crippen molar-refractivity contribution >= 4 is 27.7 Å². The van der Waals surface area contributed by atoms with Crippen LogP contribution in [0, 0.1) is 0 Å². The average Bonchev–Trinajstić information content (AvgIpc) is 2.73. The molecule has 1 aromatic heterocycles. The molecule has 7 heteroatoms. The maximum Gasteiger partial charge on any atom is 0.257 e. The normalized spacial score (nSPS) is 23.4. The second kappa shape index (κ2) is 5.34. The first-order valence-electron chi connectivity index (χ1n) is 5.94. The van der Waals surface area contributed by atoms with Crippen molar-refractivity contribution < 1.29 is 19.1 Å². The third-order valence-electron chi connectivity index (χ3n) is 3.16. The van der Waals surface area contributed by atoms with Gasteiger partial charge in [0.2, 0.25) is 5.91 Å². The summed E-state index contributed by atoms with van der Waals surface area (Å²) >= 11 is 3.13. The number of rotatable bonds is 3. The van der Waals surface area contributed by atoms with E-state index >= 15 is 0 Å². The number of aliphatic hydroxyl groups is 1. The lowest BCUT2D eigenvalue weighted by atomic mass is 9.89. The van der Waals surface area contributed by atoms with Gasteiger partial charge in [0.1, 0.15) is 6.26 Å². The molecule has 1 aromatic rings.